The first-order valence-corrected chi connectivity index (χ1v) is 5.53. The minimum Gasteiger partial charge on any atom is -0.340 e. The standard InChI is InChI=1S/C13H20O2/c1-12(2,3)8-9-6-7-10-11(9)15-13(4,5)14-10/h6-8,10-11H,1-5H3/b9-8+/t10-,11+/m0/s1. The van der Waals surface area contributed by atoms with E-state index in [-0.39, 0.29) is 17.6 Å². The van der Waals surface area contributed by atoms with Crippen LogP contribution < -0.4 is 0 Å². The molecule has 1 heterocycles. The normalized spacial score (nSPS) is 36.2. The zero-order valence-electron chi connectivity index (χ0n) is 10.2. The Hall–Kier alpha value is -0.600. The first-order chi connectivity index (χ1) is 6.77. The van der Waals surface area contributed by atoms with Crippen molar-refractivity contribution in [1.82, 2.24) is 0 Å². The number of hydrogen-bond acceptors (Lipinski definition) is 2. The summed E-state index contributed by atoms with van der Waals surface area (Å²) in [4.78, 5) is 0. The summed E-state index contributed by atoms with van der Waals surface area (Å²) in [6.45, 7) is 10.5. The summed E-state index contributed by atoms with van der Waals surface area (Å²) in [7, 11) is 0. The van der Waals surface area contributed by atoms with E-state index >= 15 is 0 Å². The Morgan fingerprint density at radius 2 is 1.93 bits per heavy atom. The molecule has 0 bridgehead atoms. The van der Waals surface area contributed by atoms with Gasteiger partial charge in [-0.15, -0.1) is 0 Å². The molecule has 0 spiro atoms. The van der Waals surface area contributed by atoms with E-state index < -0.39 is 5.79 Å². The van der Waals surface area contributed by atoms with Crippen LogP contribution in [-0.4, -0.2) is 18.0 Å². The van der Waals surface area contributed by atoms with E-state index in [0.29, 0.717) is 0 Å². The lowest BCUT2D eigenvalue weighted by molar-refractivity contribution is -0.140. The summed E-state index contributed by atoms with van der Waals surface area (Å²) in [5.74, 6) is -0.447. The quantitative estimate of drug-likeness (QED) is 0.609. The van der Waals surface area contributed by atoms with Gasteiger partial charge >= 0.3 is 0 Å². The van der Waals surface area contributed by atoms with Gasteiger partial charge in [-0.1, -0.05) is 39.0 Å². The fraction of sp³-hybridized carbons (Fsp3) is 0.692. The Bertz CT molecular complexity index is 318. The van der Waals surface area contributed by atoms with Crippen LogP contribution in [0.4, 0.5) is 0 Å². The number of ether oxygens (including phenoxy) is 2. The Balaban J connectivity index is 2.20. The monoisotopic (exact) mass is 208 g/mol. The summed E-state index contributed by atoms with van der Waals surface area (Å²) in [5, 5.41) is 0. The smallest absolute Gasteiger partial charge is 0.164 e. The molecule has 0 unspecified atom stereocenters. The summed E-state index contributed by atoms with van der Waals surface area (Å²) in [6, 6.07) is 0. The van der Waals surface area contributed by atoms with Crippen LogP contribution in [0.3, 0.4) is 0 Å². The van der Waals surface area contributed by atoms with Gasteiger partial charge in [0.05, 0.1) is 0 Å². The molecule has 2 aliphatic rings. The molecular weight excluding hydrogens is 188 g/mol. The van der Waals surface area contributed by atoms with Gasteiger partial charge in [0, 0.05) is 0 Å². The van der Waals surface area contributed by atoms with Crippen LogP contribution >= 0.6 is 0 Å². The van der Waals surface area contributed by atoms with Gasteiger partial charge < -0.3 is 9.47 Å². The van der Waals surface area contributed by atoms with Crippen LogP contribution in [0.25, 0.3) is 0 Å². The largest absolute Gasteiger partial charge is 0.340 e. The van der Waals surface area contributed by atoms with Gasteiger partial charge in [-0.25, -0.2) is 0 Å². The molecule has 2 rings (SSSR count). The molecule has 84 valence electrons. The van der Waals surface area contributed by atoms with E-state index in [4.69, 9.17) is 9.47 Å². The lowest BCUT2D eigenvalue weighted by atomic mass is 9.92. The third-order valence-corrected chi connectivity index (χ3v) is 2.54. The average Bonchev–Trinajstić information content (AvgIpc) is 2.45. The highest BCUT2D eigenvalue weighted by molar-refractivity contribution is 5.35. The van der Waals surface area contributed by atoms with Gasteiger partial charge in [-0.2, -0.15) is 0 Å². The highest BCUT2D eigenvalue weighted by Gasteiger charge is 2.43. The molecule has 1 aliphatic carbocycles. The molecule has 0 aromatic rings. The molecule has 0 N–H and O–H groups in total. The minimum atomic E-state index is -0.447. The van der Waals surface area contributed by atoms with Crippen molar-refractivity contribution in [2.45, 2.75) is 52.6 Å². The van der Waals surface area contributed by atoms with E-state index in [1.54, 1.807) is 0 Å². The molecule has 15 heavy (non-hydrogen) atoms. The Labute approximate surface area is 92.0 Å². The second kappa shape index (κ2) is 3.19. The lowest BCUT2D eigenvalue weighted by Crippen LogP contribution is -2.22. The average molecular weight is 208 g/mol. The Morgan fingerprint density at radius 1 is 1.27 bits per heavy atom. The second-order valence-corrected chi connectivity index (χ2v) is 5.89. The van der Waals surface area contributed by atoms with E-state index in [9.17, 15) is 0 Å². The van der Waals surface area contributed by atoms with E-state index in [2.05, 4.69) is 39.0 Å². The summed E-state index contributed by atoms with van der Waals surface area (Å²) in [6.07, 6.45) is 6.68. The van der Waals surface area contributed by atoms with Crippen LogP contribution in [-0.2, 0) is 9.47 Å². The Kier molecular flexibility index (Phi) is 2.32. The maximum Gasteiger partial charge on any atom is 0.164 e. The van der Waals surface area contributed by atoms with Crippen LogP contribution in [0.1, 0.15) is 34.6 Å². The topological polar surface area (TPSA) is 18.5 Å². The van der Waals surface area contributed by atoms with Gasteiger partial charge in [0.15, 0.2) is 5.79 Å². The molecule has 1 aliphatic heterocycles. The number of hydrogen-bond donors (Lipinski definition) is 0. The molecule has 2 atom stereocenters. The van der Waals surface area contributed by atoms with Crippen LogP contribution in [0, 0.1) is 5.41 Å². The number of rotatable bonds is 0. The van der Waals surface area contributed by atoms with Crippen molar-refractivity contribution in [3.05, 3.63) is 23.8 Å². The zero-order chi connectivity index (χ0) is 11.3. The lowest BCUT2D eigenvalue weighted by Gasteiger charge is -2.19. The van der Waals surface area contributed by atoms with Gasteiger partial charge in [-0.3, -0.25) is 0 Å². The fourth-order valence-electron chi connectivity index (χ4n) is 2.12. The summed E-state index contributed by atoms with van der Waals surface area (Å²) < 4.78 is 11.6. The van der Waals surface area contributed by atoms with Crippen molar-refractivity contribution < 1.29 is 9.47 Å². The highest BCUT2D eigenvalue weighted by atomic mass is 16.8. The molecule has 0 aromatic heterocycles. The Morgan fingerprint density at radius 3 is 2.53 bits per heavy atom. The molecular formula is C13H20O2. The van der Waals surface area contributed by atoms with E-state index in [0.717, 1.165) is 0 Å². The van der Waals surface area contributed by atoms with Crippen molar-refractivity contribution >= 4 is 0 Å². The predicted octanol–water partition coefficient (Wildman–Crippen LogP) is 3.05. The minimum absolute atomic E-state index is 0.0965. The molecule has 1 saturated heterocycles. The van der Waals surface area contributed by atoms with E-state index in [1.165, 1.54) is 5.57 Å². The second-order valence-electron chi connectivity index (χ2n) is 5.89. The number of allylic oxidation sites excluding steroid dienone is 1. The molecule has 0 radical (unpaired) electrons. The highest BCUT2D eigenvalue weighted by Crippen LogP contribution is 2.38. The van der Waals surface area contributed by atoms with Gasteiger partial charge in [-0.05, 0) is 24.8 Å². The SMILES string of the molecule is CC(C)(C)/C=C1\C=C[C@@H]2OC(C)(C)O[C@H]12. The molecule has 2 heteroatoms. The number of fused-ring (bicyclic) bond motifs is 1. The first-order valence-electron chi connectivity index (χ1n) is 5.53. The van der Waals surface area contributed by atoms with E-state index in [1.807, 2.05) is 13.8 Å². The molecule has 2 nitrogen and oxygen atoms in total. The van der Waals surface area contributed by atoms with Gasteiger partial charge in [0.2, 0.25) is 0 Å². The third kappa shape index (κ3) is 2.32. The van der Waals surface area contributed by atoms with Crippen LogP contribution in [0.5, 0.6) is 0 Å². The van der Waals surface area contributed by atoms with Crippen molar-refractivity contribution in [3.8, 4) is 0 Å². The fourth-order valence-corrected chi connectivity index (χ4v) is 2.12. The molecule has 1 fully saturated rings. The third-order valence-electron chi connectivity index (χ3n) is 2.54. The first kappa shape index (κ1) is 10.9. The van der Waals surface area contributed by atoms with Crippen molar-refractivity contribution in [2.75, 3.05) is 0 Å². The summed E-state index contributed by atoms with van der Waals surface area (Å²) >= 11 is 0. The van der Waals surface area contributed by atoms with Crippen molar-refractivity contribution in [1.29, 1.82) is 0 Å². The van der Waals surface area contributed by atoms with Crippen molar-refractivity contribution in [2.24, 2.45) is 5.41 Å². The predicted molar refractivity (Wildman–Crippen MR) is 60.5 cm³/mol. The molecule has 0 aromatic carbocycles. The van der Waals surface area contributed by atoms with Crippen LogP contribution in [0.2, 0.25) is 0 Å². The van der Waals surface area contributed by atoms with Crippen LogP contribution in [0.15, 0.2) is 23.8 Å². The van der Waals surface area contributed by atoms with Gasteiger partial charge in [0.25, 0.3) is 0 Å². The maximum absolute atomic E-state index is 5.88. The molecule has 0 saturated carbocycles. The summed E-state index contributed by atoms with van der Waals surface area (Å²) in [5.41, 5.74) is 1.43. The van der Waals surface area contributed by atoms with Crippen molar-refractivity contribution in [3.63, 3.8) is 0 Å². The molecule has 0 amide bonds. The maximum atomic E-state index is 5.88. The van der Waals surface area contributed by atoms with Gasteiger partial charge in [0.1, 0.15) is 12.2 Å². The zero-order valence-corrected chi connectivity index (χ0v) is 10.2.